The lowest BCUT2D eigenvalue weighted by molar-refractivity contribution is -0.0501. The molecule has 114 valence electrons. The Morgan fingerprint density at radius 2 is 2.24 bits per heavy atom. The number of ether oxygens (including phenoxy) is 1. The maximum absolute atomic E-state index is 11.7. The molecular formula is C10H14N6O5. The van der Waals surface area contributed by atoms with Gasteiger partial charge in [-0.15, -0.1) is 0 Å². The highest BCUT2D eigenvalue weighted by Crippen LogP contribution is 2.33. The molecule has 0 spiro atoms. The number of aliphatic hydroxyl groups is 3. The van der Waals surface area contributed by atoms with Crippen molar-refractivity contribution in [2.24, 2.45) is 5.84 Å². The standard InChI is InChI=1S/C10H14N6O5/c11-15-10-14-4-7(12-2-13-8(4)20)16(10)9-6(19)5(18)3(1-17)21-9/h2-3,5-6,9,17-19H,1,11H2,(H,14,15)(H,12,13,20)/t3-,5-,6+,9-/m1/s1. The summed E-state index contributed by atoms with van der Waals surface area (Å²) in [5, 5.41) is 29.0. The van der Waals surface area contributed by atoms with Crippen molar-refractivity contribution in [2.45, 2.75) is 24.5 Å². The Balaban J connectivity index is 2.16. The summed E-state index contributed by atoms with van der Waals surface area (Å²) in [6.45, 7) is -0.471. The highest BCUT2D eigenvalue weighted by molar-refractivity contribution is 5.73. The van der Waals surface area contributed by atoms with E-state index in [1.165, 1.54) is 10.9 Å². The number of aromatic amines is 1. The van der Waals surface area contributed by atoms with Crippen LogP contribution in [-0.4, -0.2) is 59.8 Å². The van der Waals surface area contributed by atoms with E-state index in [-0.39, 0.29) is 17.1 Å². The molecule has 0 saturated carbocycles. The monoisotopic (exact) mass is 298 g/mol. The molecule has 11 nitrogen and oxygen atoms in total. The van der Waals surface area contributed by atoms with Gasteiger partial charge in [-0.1, -0.05) is 0 Å². The molecule has 1 saturated heterocycles. The van der Waals surface area contributed by atoms with E-state index in [0.717, 1.165) is 0 Å². The van der Waals surface area contributed by atoms with Gasteiger partial charge in [0, 0.05) is 0 Å². The van der Waals surface area contributed by atoms with E-state index in [1.807, 2.05) is 0 Å². The maximum atomic E-state index is 11.7. The Hall–Kier alpha value is -2.05. The topological polar surface area (TPSA) is 172 Å². The molecule has 3 rings (SSSR count). The Kier molecular flexibility index (Phi) is 3.35. The number of aliphatic hydroxyl groups excluding tert-OH is 3. The zero-order valence-electron chi connectivity index (χ0n) is 10.7. The van der Waals surface area contributed by atoms with Crippen molar-refractivity contribution >= 4 is 17.1 Å². The lowest BCUT2D eigenvalue weighted by atomic mass is 10.1. The van der Waals surface area contributed by atoms with E-state index in [0.29, 0.717) is 0 Å². The van der Waals surface area contributed by atoms with E-state index >= 15 is 0 Å². The van der Waals surface area contributed by atoms with Crippen molar-refractivity contribution in [3.05, 3.63) is 16.7 Å². The summed E-state index contributed by atoms with van der Waals surface area (Å²) < 4.78 is 6.65. The first-order chi connectivity index (χ1) is 10.1. The molecule has 0 aliphatic carbocycles. The molecule has 2 aromatic rings. The van der Waals surface area contributed by atoms with Gasteiger partial charge in [0.15, 0.2) is 17.4 Å². The van der Waals surface area contributed by atoms with Crippen molar-refractivity contribution < 1.29 is 20.1 Å². The van der Waals surface area contributed by atoms with Gasteiger partial charge < -0.3 is 25.0 Å². The van der Waals surface area contributed by atoms with Gasteiger partial charge in [-0.3, -0.25) is 14.8 Å². The number of H-pyrrole nitrogens is 1. The fourth-order valence-corrected chi connectivity index (χ4v) is 2.36. The van der Waals surface area contributed by atoms with Crippen molar-refractivity contribution in [3.8, 4) is 0 Å². The first-order valence-corrected chi connectivity index (χ1v) is 6.13. The molecule has 1 fully saturated rings. The number of rotatable bonds is 3. The molecular weight excluding hydrogens is 284 g/mol. The van der Waals surface area contributed by atoms with Gasteiger partial charge in [-0.2, -0.15) is 0 Å². The second-order valence-electron chi connectivity index (χ2n) is 4.58. The SMILES string of the molecule is NNc1nc2c(=O)[nH]cnc2n1[C@@H]1O[C@H](CO)[C@@H](O)[C@@H]1O. The second-order valence-corrected chi connectivity index (χ2v) is 4.58. The molecule has 1 aliphatic rings. The van der Waals surface area contributed by atoms with Crippen molar-refractivity contribution in [1.29, 1.82) is 0 Å². The van der Waals surface area contributed by atoms with Crippen LogP contribution in [0.25, 0.3) is 11.2 Å². The van der Waals surface area contributed by atoms with E-state index in [2.05, 4.69) is 20.4 Å². The summed E-state index contributed by atoms with van der Waals surface area (Å²) in [7, 11) is 0. The number of nitrogens with one attached hydrogen (secondary N) is 2. The minimum Gasteiger partial charge on any atom is -0.394 e. The van der Waals surface area contributed by atoms with E-state index < -0.39 is 36.7 Å². The third kappa shape index (κ3) is 1.99. The molecule has 2 aromatic heterocycles. The van der Waals surface area contributed by atoms with Gasteiger partial charge >= 0.3 is 0 Å². The number of hydrogen-bond acceptors (Lipinski definition) is 9. The largest absolute Gasteiger partial charge is 0.394 e. The number of hydrazine groups is 1. The van der Waals surface area contributed by atoms with Crippen LogP contribution in [0.3, 0.4) is 0 Å². The highest BCUT2D eigenvalue weighted by atomic mass is 16.6. The second kappa shape index (κ2) is 5.05. The number of aromatic nitrogens is 4. The van der Waals surface area contributed by atoms with E-state index in [4.69, 9.17) is 15.7 Å². The molecule has 3 heterocycles. The van der Waals surface area contributed by atoms with Gasteiger partial charge in [0.25, 0.3) is 5.56 Å². The van der Waals surface area contributed by atoms with Crippen molar-refractivity contribution in [1.82, 2.24) is 19.5 Å². The van der Waals surface area contributed by atoms with Crippen LogP contribution in [0.5, 0.6) is 0 Å². The first kappa shape index (κ1) is 13.9. The summed E-state index contributed by atoms with van der Waals surface area (Å²) in [4.78, 5) is 22.0. The summed E-state index contributed by atoms with van der Waals surface area (Å²) in [6.07, 6.45) is -3.51. The number of nitrogens with zero attached hydrogens (tertiary/aromatic N) is 3. The lowest BCUT2D eigenvalue weighted by Crippen LogP contribution is -2.33. The van der Waals surface area contributed by atoms with Crippen LogP contribution in [0, 0.1) is 0 Å². The van der Waals surface area contributed by atoms with Crippen LogP contribution in [0.15, 0.2) is 11.1 Å². The Morgan fingerprint density at radius 3 is 2.86 bits per heavy atom. The van der Waals surface area contributed by atoms with Crippen molar-refractivity contribution in [2.75, 3.05) is 12.0 Å². The molecule has 11 heteroatoms. The summed E-state index contributed by atoms with van der Waals surface area (Å²) in [6, 6.07) is 0. The molecule has 0 radical (unpaired) electrons. The summed E-state index contributed by atoms with van der Waals surface area (Å²) in [5.41, 5.74) is 1.93. The molecule has 0 unspecified atom stereocenters. The van der Waals surface area contributed by atoms with Gasteiger partial charge in [0.2, 0.25) is 5.95 Å². The average molecular weight is 298 g/mol. The van der Waals surface area contributed by atoms with Crippen LogP contribution in [0.2, 0.25) is 0 Å². The fraction of sp³-hybridized carbons (Fsp3) is 0.500. The first-order valence-electron chi connectivity index (χ1n) is 6.13. The average Bonchev–Trinajstić information content (AvgIpc) is 2.99. The van der Waals surface area contributed by atoms with Gasteiger partial charge in [-0.25, -0.2) is 15.8 Å². The molecule has 4 atom stereocenters. The molecule has 21 heavy (non-hydrogen) atoms. The predicted molar refractivity (Wildman–Crippen MR) is 69.0 cm³/mol. The molecule has 1 aliphatic heterocycles. The fourth-order valence-electron chi connectivity index (χ4n) is 2.36. The van der Waals surface area contributed by atoms with Crippen LogP contribution >= 0.6 is 0 Å². The molecule has 0 aromatic carbocycles. The van der Waals surface area contributed by atoms with Crippen LogP contribution < -0.4 is 16.8 Å². The number of hydrogen-bond donors (Lipinski definition) is 6. The summed E-state index contributed by atoms with van der Waals surface area (Å²) >= 11 is 0. The Morgan fingerprint density at radius 1 is 1.48 bits per heavy atom. The summed E-state index contributed by atoms with van der Waals surface area (Å²) in [5.74, 6) is 5.39. The maximum Gasteiger partial charge on any atom is 0.278 e. The van der Waals surface area contributed by atoms with Gasteiger partial charge in [-0.05, 0) is 0 Å². The smallest absolute Gasteiger partial charge is 0.278 e. The van der Waals surface area contributed by atoms with Crippen LogP contribution in [-0.2, 0) is 4.74 Å². The zero-order valence-corrected chi connectivity index (χ0v) is 10.7. The quantitative estimate of drug-likeness (QED) is 0.255. The van der Waals surface area contributed by atoms with Gasteiger partial charge in [0.1, 0.15) is 18.3 Å². The van der Waals surface area contributed by atoms with E-state index in [1.54, 1.807) is 0 Å². The third-order valence-electron chi connectivity index (χ3n) is 3.38. The highest BCUT2D eigenvalue weighted by Gasteiger charge is 2.45. The molecule has 7 N–H and O–H groups in total. The van der Waals surface area contributed by atoms with Crippen LogP contribution in [0.4, 0.5) is 5.95 Å². The van der Waals surface area contributed by atoms with E-state index in [9.17, 15) is 15.0 Å². The lowest BCUT2D eigenvalue weighted by Gasteiger charge is -2.18. The minimum absolute atomic E-state index is 0.00295. The number of fused-ring (bicyclic) bond motifs is 1. The zero-order chi connectivity index (χ0) is 15.1. The number of anilines is 1. The third-order valence-corrected chi connectivity index (χ3v) is 3.38. The molecule has 0 amide bonds. The Bertz CT molecular complexity index is 714. The normalized spacial score (nSPS) is 29.1. The van der Waals surface area contributed by atoms with Crippen molar-refractivity contribution in [3.63, 3.8) is 0 Å². The Labute approximate surface area is 117 Å². The van der Waals surface area contributed by atoms with Gasteiger partial charge in [0.05, 0.1) is 12.9 Å². The molecule has 0 bridgehead atoms. The minimum atomic E-state index is -1.34. The van der Waals surface area contributed by atoms with Crippen LogP contribution in [0.1, 0.15) is 6.23 Å². The number of nitrogens with two attached hydrogens (primary N) is 1. The number of nitrogen functional groups attached to an aromatic ring is 1. The predicted octanol–water partition coefficient (Wildman–Crippen LogP) is -2.98. The number of imidazole rings is 1.